The molecular weight excluding hydrogens is 264 g/mol. The molecule has 1 unspecified atom stereocenters. The number of fused-ring (bicyclic) bond motifs is 1. The molecule has 1 aliphatic rings. The van der Waals surface area contributed by atoms with Crippen LogP contribution in [0.5, 0.6) is 5.75 Å². The maximum Gasteiger partial charge on any atom is 0.130 e. The fourth-order valence-corrected chi connectivity index (χ4v) is 3.49. The fourth-order valence-electron chi connectivity index (χ4n) is 3.49. The summed E-state index contributed by atoms with van der Waals surface area (Å²) in [6.45, 7) is 5.44. The van der Waals surface area contributed by atoms with Crippen LogP contribution in [0.2, 0.25) is 0 Å². The van der Waals surface area contributed by atoms with Crippen molar-refractivity contribution < 1.29 is 14.7 Å². The number of aliphatic hydroxyl groups is 1. The van der Waals surface area contributed by atoms with Crippen molar-refractivity contribution in [1.82, 2.24) is 4.98 Å². The Labute approximate surface area is 125 Å². The Kier molecular flexibility index (Phi) is 4.17. The molecule has 2 heterocycles. The maximum atomic E-state index is 10.6. The molecule has 0 aliphatic carbocycles. The second kappa shape index (κ2) is 6.08. The van der Waals surface area contributed by atoms with Gasteiger partial charge in [0.1, 0.15) is 18.4 Å². The van der Waals surface area contributed by atoms with Crippen LogP contribution in [0.15, 0.2) is 24.4 Å². The average Bonchev–Trinajstić information content (AvgIpc) is 2.90. The predicted octanol–water partition coefficient (Wildman–Crippen LogP) is 1.52. The lowest BCUT2D eigenvalue weighted by molar-refractivity contribution is -0.912. The molecule has 0 bridgehead atoms. The van der Waals surface area contributed by atoms with Gasteiger partial charge in [-0.25, -0.2) is 0 Å². The van der Waals surface area contributed by atoms with Crippen LogP contribution >= 0.6 is 0 Å². The lowest BCUT2D eigenvalue weighted by Gasteiger charge is -2.29. The molecule has 0 amide bonds. The first kappa shape index (κ1) is 14.4. The molecule has 0 saturated carbocycles. The number of methoxy groups -OCH3 is 1. The Morgan fingerprint density at radius 2 is 2.33 bits per heavy atom. The topological polar surface area (TPSA) is 49.7 Å². The van der Waals surface area contributed by atoms with Gasteiger partial charge < -0.3 is 19.7 Å². The zero-order valence-corrected chi connectivity index (χ0v) is 12.9. The van der Waals surface area contributed by atoms with Gasteiger partial charge in [-0.2, -0.15) is 0 Å². The first-order valence-corrected chi connectivity index (χ1v) is 7.84. The first-order valence-electron chi connectivity index (χ1n) is 7.84. The van der Waals surface area contributed by atoms with Gasteiger partial charge >= 0.3 is 0 Å². The van der Waals surface area contributed by atoms with Crippen LogP contribution in [-0.4, -0.2) is 36.8 Å². The van der Waals surface area contributed by atoms with Gasteiger partial charge in [-0.1, -0.05) is 6.92 Å². The summed E-state index contributed by atoms with van der Waals surface area (Å²) < 4.78 is 5.29. The van der Waals surface area contributed by atoms with Crippen LogP contribution < -0.4 is 9.64 Å². The van der Waals surface area contributed by atoms with E-state index < -0.39 is 6.10 Å². The summed E-state index contributed by atoms with van der Waals surface area (Å²) in [5.41, 5.74) is 2.03. The summed E-state index contributed by atoms with van der Waals surface area (Å²) in [5, 5.41) is 11.7. The highest BCUT2D eigenvalue weighted by Gasteiger charge is 2.24. The number of rotatable bonds is 4. The molecule has 3 rings (SSSR count). The average molecular weight is 289 g/mol. The van der Waals surface area contributed by atoms with E-state index in [1.165, 1.54) is 30.8 Å². The van der Waals surface area contributed by atoms with Crippen molar-refractivity contribution in [2.24, 2.45) is 5.92 Å². The minimum absolute atomic E-state index is 0.425. The number of hydrogen-bond donors (Lipinski definition) is 3. The van der Waals surface area contributed by atoms with Gasteiger partial charge in [0.25, 0.3) is 0 Å². The van der Waals surface area contributed by atoms with E-state index in [0.29, 0.717) is 0 Å². The van der Waals surface area contributed by atoms with Gasteiger partial charge in [-0.05, 0) is 31.0 Å². The molecule has 3 N–H and O–H groups in total. The highest BCUT2D eigenvalue weighted by molar-refractivity contribution is 5.85. The van der Waals surface area contributed by atoms with Gasteiger partial charge in [-0.3, -0.25) is 0 Å². The number of benzene rings is 1. The van der Waals surface area contributed by atoms with Crippen LogP contribution in [0, 0.1) is 5.92 Å². The maximum absolute atomic E-state index is 10.6. The van der Waals surface area contributed by atoms with Crippen molar-refractivity contribution in [2.45, 2.75) is 25.9 Å². The minimum atomic E-state index is -0.425. The van der Waals surface area contributed by atoms with Gasteiger partial charge in [0.2, 0.25) is 0 Å². The second-order valence-corrected chi connectivity index (χ2v) is 6.33. The fraction of sp³-hybridized carbons (Fsp3) is 0.529. The zero-order chi connectivity index (χ0) is 14.8. The molecule has 1 aliphatic heterocycles. The third kappa shape index (κ3) is 3.06. The highest BCUT2D eigenvalue weighted by Crippen LogP contribution is 2.27. The number of likely N-dealkylation sites (tertiary alicyclic amines) is 1. The van der Waals surface area contributed by atoms with Crippen LogP contribution in [0.3, 0.4) is 0 Å². The summed E-state index contributed by atoms with van der Waals surface area (Å²) in [6.07, 6.45) is 4.10. The Bertz CT molecular complexity index is 608. The number of ether oxygens (including phenoxy) is 1. The molecule has 1 saturated heterocycles. The summed E-state index contributed by atoms with van der Waals surface area (Å²) >= 11 is 0. The normalized spacial score (nSPS) is 24.1. The number of aromatic amines is 1. The molecule has 21 heavy (non-hydrogen) atoms. The standard InChI is InChI=1S/C17H24N2O2/c1-12-4-3-7-19(10-12)11-17(20)15-9-18-16-6-5-13(21-2)8-14(15)16/h5-6,8-9,12,17-18,20H,3-4,7,10-11H2,1-2H3/p+1/t12-,17-/m1/s1. The van der Waals surface area contributed by atoms with E-state index in [0.717, 1.165) is 34.7 Å². The zero-order valence-electron chi connectivity index (χ0n) is 12.9. The Hall–Kier alpha value is -1.52. The van der Waals surface area contributed by atoms with E-state index in [1.807, 2.05) is 24.4 Å². The molecule has 3 atom stereocenters. The van der Waals surface area contributed by atoms with Crippen molar-refractivity contribution in [3.8, 4) is 5.75 Å². The summed E-state index contributed by atoms with van der Waals surface area (Å²) in [4.78, 5) is 4.75. The first-order chi connectivity index (χ1) is 10.2. The third-order valence-electron chi connectivity index (χ3n) is 4.63. The number of aromatic nitrogens is 1. The van der Waals surface area contributed by atoms with Crippen LogP contribution in [0.1, 0.15) is 31.4 Å². The van der Waals surface area contributed by atoms with Gasteiger partial charge in [-0.15, -0.1) is 0 Å². The largest absolute Gasteiger partial charge is 0.497 e. The summed E-state index contributed by atoms with van der Waals surface area (Å²) in [5.74, 6) is 1.60. The van der Waals surface area contributed by atoms with Gasteiger partial charge in [0, 0.05) is 28.6 Å². The van der Waals surface area contributed by atoms with E-state index in [1.54, 1.807) is 7.11 Å². The molecular formula is C17H25N2O2+. The summed E-state index contributed by atoms with van der Waals surface area (Å²) in [7, 11) is 1.67. The number of aliphatic hydroxyl groups excluding tert-OH is 1. The van der Waals surface area contributed by atoms with E-state index in [9.17, 15) is 5.11 Å². The molecule has 0 spiro atoms. The van der Waals surface area contributed by atoms with Crippen molar-refractivity contribution in [2.75, 3.05) is 26.7 Å². The van der Waals surface area contributed by atoms with Crippen LogP contribution in [-0.2, 0) is 0 Å². The monoisotopic (exact) mass is 289 g/mol. The van der Waals surface area contributed by atoms with Crippen molar-refractivity contribution >= 4 is 10.9 Å². The van der Waals surface area contributed by atoms with Gasteiger partial charge in [0.15, 0.2) is 0 Å². The SMILES string of the molecule is COc1ccc2[nH]cc([C@H](O)C[NH+]3CCC[C@@H](C)C3)c2c1. The van der Waals surface area contributed by atoms with Crippen molar-refractivity contribution in [1.29, 1.82) is 0 Å². The molecule has 1 aromatic carbocycles. The van der Waals surface area contributed by atoms with E-state index in [-0.39, 0.29) is 0 Å². The van der Waals surface area contributed by atoms with Crippen LogP contribution in [0.4, 0.5) is 0 Å². The minimum Gasteiger partial charge on any atom is -0.497 e. The Balaban J connectivity index is 1.79. The molecule has 114 valence electrons. The lowest BCUT2D eigenvalue weighted by atomic mass is 9.99. The van der Waals surface area contributed by atoms with E-state index in [2.05, 4.69) is 11.9 Å². The molecule has 1 fully saturated rings. The number of nitrogens with one attached hydrogen (secondary N) is 2. The highest BCUT2D eigenvalue weighted by atomic mass is 16.5. The van der Waals surface area contributed by atoms with Crippen molar-refractivity contribution in [3.63, 3.8) is 0 Å². The Morgan fingerprint density at radius 3 is 3.10 bits per heavy atom. The Morgan fingerprint density at radius 1 is 1.48 bits per heavy atom. The predicted molar refractivity (Wildman–Crippen MR) is 83.8 cm³/mol. The number of H-pyrrole nitrogens is 1. The number of piperidine rings is 1. The quantitative estimate of drug-likeness (QED) is 0.799. The summed E-state index contributed by atoms with van der Waals surface area (Å²) in [6, 6.07) is 5.94. The third-order valence-corrected chi connectivity index (χ3v) is 4.63. The van der Waals surface area contributed by atoms with E-state index in [4.69, 9.17) is 4.74 Å². The van der Waals surface area contributed by atoms with Crippen LogP contribution in [0.25, 0.3) is 10.9 Å². The number of quaternary nitrogens is 1. The number of hydrogen-bond acceptors (Lipinski definition) is 2. The molecule has 1 aromatic heterocycles. The molecule has 2 aromatic rings. The molecule has 0 radical (unpaired) electrons. The molecule has 4 nitrogen and oxygen atoms in total. The lowest BCUT2D eigenvalue weighted by Crippen LogP contribution is -3.14. The van der Waals surface area contributed by atoms with Crippen molar-refractivity contribution in [3.05, 3.63) is 30.0 Å². The molecule has 4 heteroatoms. The second-order valence-electron chi connectivity index (χ2n) is 6.33. The van der Waals surface area contributed by atoms with Gasteiger partial charge in [0.05, 0.1) is 20.2 Å². The smallest absolute Gasteiger partial charge is 0.130 e. The van der Waals surface area contributed by atoms with E-state index >= 15 is 0 Å².